The quantitative estimate of drug-likeness (QED) is 0.205. The van der Waals surface area contributed by atoms with E-state index in [4.69, 9.17) is 0 Å². The topological polar surface area (TPSA) is 0 Å². The molecular formula is C30H40Cl2SiZr-4. The van der Waals surface area contributed by atoms with Gasteiger partial charge in [0.2, 0.25) is 0 Å². The zero-order valence-corrected chi connectivity index (χ0v) is 26.7. The van der Waals surface area contributed by atoms with Gasteiger partial charge in [0, 0.05) is 0 Å². The van der Waals surface area contributed by atoms with E-state index in [0.717, 1.165) is 6.42 Å². The van der Waals surface area contributed by atoms with Crippen LogP contribution in [-0.4, -0.2) is 6.88 Å². The fourth-order valence-electron chi connectivity index (χ4n) is 4.37. The van der Waals surface area contributed by atoms with Crippen LogP contribution in [0.3, 0.4) is 0 Å². The van der Waals surface area contributed by atoms with Gasteiger partial charge in [-0.1, -0.05) is 101 Å². The van der Waals surface area contributed by atoms with Gasteiger partial charge in [0.1, 0.15) is 0 Å². The molecule has 0 spiro atoms. The minimum atomic E-state index is 0. The second-order valence-electron chi connectivity index (χ2n) is 7.35. The second kappa shape index (κ2) is 20.4. The first-order valence-corrected chi connectivity index (χ1v) is 15.2. The van der Waals surface area contributed by atoms with Gasteiger partial charge >= 0.3 is 30.2 Å². The van der Waals surface area contributed by atoms with Gasteiger partial charge in [-0.3, -0.25) is 6.08 Å². The molecule has 0 bridgehead atoms. The van der Waals surface area contributed by atoms with E-state index in [-0.39, 0.29) is 39.7 Å². The molecule has 0 nitrogen and oxygen atoms in total. The Bertz CT molecular complexity index is 989. The molecule has 0 saturated carbocycles. The molecule has 3 aromatic carbocycles. The van der Waals surface area contributed by atoms with Crippen molar-refractivity contribution in [1.82, 2.24) is 0 Å². The Labute approximate surface area is 239 Å². The van der Waals surface area contributed by atoms with Crippen molar-refractivity contribution >= 4 is 42.5 Å². The van der Waals surface area contributed by atoms with E-state index in [9.17, 15) is 0 Å². The summed E-state index contributed by atoms with van der Waals surface area (Å²) in [5, 5.41) is 2.65. The van der Waals surface area contributed by atoms with Crippen molar-refractivity contribution in [3.8, 4) is 11.1 Å². The minimum absolute atomic E-state index is 0. The number of halogens is 2. The van der Waals surface area contributed by atoms with Crippen LogP contribution in [0.15, 0.2) is 83.4 Å². The first-order chi connectivity index (χ1) is 14.7. The molecule has 0 saturated heterocycles. The van der Waals surface area contributed by atoms with E-state index in [1.165, 1.54) is 70.1 Å². The maximum Gasteiger partial charge on any atom is -0.0623 e. The Hall–Kier alpha value is -0.790. The molecule has 1 aliphatic carbocycles. The van der Waals surface area contributed by atoms with Crippen LogP contribution in [0.5, 0.6) is 0 Å². The molecule has 34 heavy (non-hydrogen) atoms. The van der Waals surface area contributed by atoms with E-state index in [1.807, 2.05) is 0 Å². The van der Waals surface area contributed by atoms with Crippen molar-refractivity contribution in [3.05, 3.63) is 104 Å². The van der Waals surface area contributed by atoms with Crippen LogP contribution in [0, 0.1) is 26.8 Å². The number of fused-ring (bicyclic) bond motifs is 1. The van der Waals surface area contributed by atoms with Crippen LogP contribution in [0.2, 0.25) is 0 Å². The van der Waals surface area contributed by atoms with Crippen LogP contribution in [0.4, 0.5) is 0 Å². The summed E-state index contributed by atoms with van der Waals surface area (Å²) >= 11 is 1.36. The summed E-state index contributed by atoms with van der Waals surface area (Å²) in [6.07, 6.45) is 8.41. The maximum absolute atomic E-state index is 3.63. The summed E-state index contributed by atoms with van der Waals surface area (Å²) in [5.41, 5.74) is 7.37. The zero-order chi connectivity index (χ0) is 21.9. The second-order valence-corrected chi connectivity index (χ2v) is 7.35. The summed E-state index contributed by atoms with van der Waals surface area (Å²) in [6, 6.07) is 23.4. The van der Waals surface area contributed by atoms with Gasteiger partial charge in [-0.25, -0.2) is 5.57 Å². The van der Waals surface area contributed by atoms with Crippen molar-refractivity contribution in [2.45, 2.75) is 53.4 Å². The minimum Gasteiger partial charge on any atom is -0.150 e. The molecular weight excluding hydrogens is 551 g/mol. The molecule has 3 aromatic rings. The Morgan fingerprint density at radius 2 is 1.41 bits per heavy atom. The van der Waals surface area contributed by atoms with Crippen LogP contribution in [0.1, 0.15) is 53.4 Å². The number of hydrogen-bond acceptors (Lipinski definition) is 0. The molecule has 1 atom stereocenters. The monoisotopic (exact) mass is 588 g/mol. The van der Waals surface area contributed by atoms with E-state index in [2.05, 4.69) is 107 Å². The summed E-state index contributed by atoms with van der Waals surface area (Å²) in [4.78, 5) is 0. The van der Waals surface area contributed by atoms with Gasteiger partial charge in [0.25, 0.3) is 0 Å². The molecule has 0 N–H and O–H groups in total. The number of hydrogen-bond donors (Lipinski definition) is 0. The van der Waals surface area contributed by atoms with E-state index >= 15 is 0 Å². The van der Waals surface area contributed by atoms with E-state index in [1.54, 1.807) is 11.1 Å². The van der Waals surface area contributed by atoms with Crippen LogP contribution in [-0.2, 0) is 23.3 Å². The average molecular weight is 591 g/mol. The predicted octanol–water partition coefficient (Wildman–Crippen LogP) is 9.87. The number of allylic oxidation sites excluding steroid dienone is 4. The summed E-state index contributed by atoms with van der Waals surface area (Å²) in [7, 11) is 0. The molecule has 0 amide bonds. The Morgan fingerprint density at radius 1 is 0.824 bits per heavy atom. The maximum atomic E-state index is 3.63. The number of benzene rings is 2. The number of rotatable bonds is 5. The Morgan fingerprint density at radius 3 is 1.94 bits per heavy atom. The van der Waals surface area contributed by atoms with Crippen molar-refractivity contribution < 1.29 is 23.3 Å². The SMILES string of the molecule is CCC1=[C-]C(CC)C(CC)=C1CC.Cl.Cl.[CH3-].[CH3-].[Si]=[Zr].c1ccc(-c2c[cH-]c3ccccc23)cc1. The van der Waals surface area contributed by atoms with Crippen molar-refractivity contribution in [2.75, 3.05) is 0 Å². The van der Waals surface area contributed by atoms with Gasteiger partial charge in [-0.2, -0.15) is 11.1 Å². The van der Waals surface area contributed by atoms with Crippen molar-refractivity contribution in [2.24, 2.45) is 5.92 Å². The van der Waals surface area contributed by atoms with Crippen molar-refractivity contribution in [1.29, 1.82) is 0 Å². The Kier molecular flexibility index (Phi) is 22.7. The normalized spacial score (nSPS) is 13.4. The first kappa shape index (κ1) is 37.8. The van der Waals surface area contributed by atoms with Crippen LogP contribution < -0.4 is 0 Å². The average Bonchev–Trinajstić information content (AvgIpc) is 3.42. The molecule has 1 unspecified atom stereocenters. The fourth-order valence-corrected chi connectivity index (χ4v) is 4.37. The predicted molar refractivity (Wildman–Crippen MR) is 156 cm³/mol. The molecule has 0 fully saturated rings. The largest absolute Gasteiger partial charge is 0.150 e. The third kappa shape index (κ3) is 9.34. The van der Waals surface area contributed by atoms with Crippen LogP contribution in [0.25, 0.3) is 21.9 Å². The van der Waals surface area contributed by atoms with E-state index in [0.29, 0.717) is 5.92 Å². The van der Waals surface area contributed by atoms with Crippen LogP contribution >= 0.6 is 24.8 Å². The first-order valence-electron chi connectivity index (χ1n) is 11.0. The van der Waals surface area contributed by atoms with Gasteiger partial charge in [0.05, 0.1) is 0 Å². The standard InChI is InChI=1S/C15H11.C13H21.2CH3.2ClH.Si.Zr/c1-2-6-12(7-3-1)15-11-10-13-8-4-5-9-14(13)15;1-5-10-9-11(6-2)13(8-4)12(10)7-3;;;;;;/h1-11H;10H,5-8H2,1-4H3;2*1H3;2*1H;;/q4*-1;;;;. The Balaban J connectivity index is -0.000000479. The molecule has 186 valence electrons. The van der Waals surface area contributed by atoms with Gasteiger partial charge in [-0.05, 0) is 0 Å². The third-order valence-electron chi connectivity index (χ3n) is 5.78. The molecule has 4 rings (SSSR count). The molecule has 0 aliphatic heterocycles. The zero-order valence-electron chi connectivity index (χ0n) is 21.6. The molecule has 2 radical (unpaired) electrons. The van der Waals surface area contributed by atoms with Gasteiger partial charge in [-0.15, -0.1) is 71.5 Å². The molecule has 1 aliphatic rings. The molecule has 4 heteroatoms. The summed E-state index contributed by atoms with van der Waals surface area (Å²) in [5.74, 6) is 0.634. The summed E-state index contributed by atoms with van der Waals surface area (Å²) in [6.45, 7) is 12.1. The van der Waals surface area contributed by atoms with Gasteiger partial charge in [0.15, 0.2) is 0 Å². The van der Waals surface area contributed by atoms with E-state index < -0.39 is 0 Å². The molecule has 0 aromatic heterocycles. The smallest absolute Gasteiger partial charge is 0.0623 e. The van der Waals surface area contributed by atoms with Gasteiger partial charge < -0.3 is 14.9 Å². The fraction of sp³-hybridized carbons (Fsp3) is 0.300. The summed E-state index contributed by atoms with van der Waals surface area (Å²) < 4.78 is 0. The third-order valence-corrected chi connectivity index (χ3v) is 5.78. The van der Waals surface area contributed by atoms with Crippen molar-refractivity contribution in [3.63, 3.8) is 0 Å². The molecule has 0 heterocycles.